The summed E-state index contributed by atoms with van der Waals surface area (Å²) in [5.41, 5.74) is 13.3. The molecule has 0 aliphatic heterocycles. The fraction of sp³-hybridized carbons (Fsp3) is 0.391. The van der Waals surface area contributed by atoms with Crippen LogP contribution in [0.25, 0.3) is 5.57 Å². The number of rotatable bonds is 7. The normalized spacial score (nSPS) is 14.7. The highest BCUT2D eigenvalue weighted by Gasteiger charge is 2.19. The van der Waals surface area contributed by atoms with E-state index in [1.54, 1.807) is 0 Å². The van der Waals surface area contributed by atoms with Crippen LogP contribution in [0.4, 0.5) is 0 Å². The Kier molecular flexibility index (Phi) is 6.54. The van der Waals surface area contributed by atoms with E-state index in [9.17, 15) is 4.91 Å². The molecule has 4 heteroatoms. The molecular formula is C23H30N3O+. The third kappa shape index (κ3) is 4.90. The first kappa shape index (κ1) is 19.5. The molecule has 2 N–H and O–H groups in total. The van der Waals surface area contributed by atoms with Crippen LogP contribution in [0, 0.1) is 4.91 Å². The summed E-state index contributed by atoms with van der Waals surface area (Å²) in [6.07, 6.45) is 5.42. The van der Waals surface area contributed by atoms with Crippen molar-refractivity contribution in [3.63, 3.8) is 0 Å². The number of aryl methyl sites for hydroxylation is 2. The molecule has 1 aliphatic rings. The molecule has 4 nitrogen and oxygen atoms in total. The van der Waals surface area contributed by atoms with Gasteiger partial charge in [0.15, 0.2) is 0 Å². The van der Waals surface area contributed by atoms with E-state index in [0.717, 1.165) is 36.1 Å². The molecule has 0 heterocycles. The minimum absolute atomic E-state index is 0.373. The lowest BCUT2D eigenvalue weighted by Crippen LogP contribution is -2.17. The summed E-state index contributed by atoms with van der Waals surface area (Å²) in [5.74, 6) is 0. The second kappa shape index (κ2) is 9.07. The van der Waals surface area contributed by atoms with Gasteiger partial charge in [-0.3, -0.25) is 0 Å². The first-order valence-corrected chi connectivity index (χ1v) is 9.76. The molecule has 0 bridgehead atoms. The first-order chi connectivity index (χ1) is 13.1. The fourth-order valence-electron chi connectivity index (χ4n) is 3.74. The molecule has 0 radical (unpaired) electrons. The minimum atomic E-state index is 0.373. The standard InChI is InChI=1S/C23H30N3O/c1-25(2)14-5-8-23-21-7-4-3-6-19(21)10-11-20-16-18(9-12-22(20)23)17-26(27)15-13-24/h3-4,6-9,12,16H,5,10-11,13-15,17,24H2,1-2H3/q+1/b23-8+. The summed E-state index contributed by atoms with van der Waals surface area (Å²) in [6.45, 7) is 2.20. The average Bonchev–Trinajstić information content (AvgIpc) is 2.79. The van der Waals surface area contributed by atoms with Crippen LogP contribution >= 0.6 is 0 Å². The van der Waals surface area contributed by atoms with Crippen LogP contribution in [0.15, 0.2) is 48.5 Å². The minimum Gasteiger partial charge on any atom is -0.325 e. The number of nitrogens with two attached hydrogens (primary N) is 1. The van der Waals surface area contributed by atoms with E-state index in [2.05, 4.69) is 67.5 Å². The van der Waals surface area contributed by atoms with Gasteiger partial charge in [-0.2, -0.15) is 0 Å². The van der Waals surface area contributed by atoms with Crippen molar-refractivity contribution in [1.82, 2.24) is 4.90 Å². The molecule has 142 valence electrons. The zero-order chi connectivity index (χ0) is 19.2. The molecule has 0 amide bonds. The van der Waals surface area contributed by atoms with Crippen LogP contribution in [0.3, 0.4) is 0 Å². The predicted molar refractivity (Wildman–Crippen MR) is 112 cm³/mol. The SMILES string of the molecule is CN(C)CC/C=C1\c2ccccc2CCc2cc(C[N+](=O)CCN)ccc21. The molecule has 0 fully saturated rings. The number of hydrogen-bond donors (Lipinski definition) is 1. The van der Waals surface area contributed by atoms with Crippen LogP contribution in [0.2, 0.25) is 0 Å². The summed E-state index contributed by atoms with van der Waals surface area (Å²) in [6, 6.07) is 15.2. The zero-order valence-corrected chi connectivity index (χ0v) is 16.4. The summed E-state index contributed by atoms with van der Waals surface area (Å²) in [5, 5.41) is 0. The molecule has 0 atom stereocenters. The first-order valence-electron chi connectivity index (χ1n) is 9.76. The molecule has 1 aliphatic carbocycles. The van der Waals surface area contributed by atoms with Crippen molar-refractivity contribution in [2.75, 3.05) is 33.7 Å². The maximum absolute atomic E-state index is 11.9. The lowest BCUT2D eigenvalue weighted by atomic mass is 9.92. The van der Waals surface area contributed by atoms with Crippen LogP contribution in [0.5, 0.6) is 0 Å². The molecule has 0 saturated carbocycles. The van der Waals surface area contributed by atoms with Gasteiger partial charge in [-0.25, -0.2) is 0 Å². The third-order valence-electron chi connectivity index (χ3n) is 5.09. The van der Waals surface area contributed by atoms with Gasteiger partial charge in [-0.05, 0) is 67.3 Å². The maximum atomic E-state index is 11.9. The van der Waals surface area contributed by atoms with Gasteiger partial charge >= 0.3 is 0 Å². The quantitative estimate of drug-likeness (QED) is 0.766. The number of hydrogen-bond acceptors (Lipinski definition) is 3. The third-order valence-corrected chi connectivity index (χ3v) is 5.09. The van der Waals surface area contributed by atoms with E-state index in [4.69, 9.17) is 5.73 Å². The molecule has 3 rings (SSSR count). The smallest absolute Gasteiger partial charge is 0.217 e. The van der Waals surface area contributed by atoms with E-state index in [-0.39, 0.29) is 0 Å². The van der Waals surface area contributed by atoms with E-state index in [1.807, 2.05) is 0 Å². The van der Waals surface area contributed by atoms with Crippen LogP contribution in [-0.4, -0.2) is 43.4 Å². The number of fused-ring (bicyclic) bond motifs is 2. The van der Waals surface area contributed by atoms with Crippen LogP contribution in [0.1, 0.15) is 34.2 Å². The Bertz CT molecular complexity index is 839. The van der Waals surface area contributed by atoms with Gasteiger partial charge in [0.1, 0.15) is 0 Å². The molecular weight excluding hydrogens is 334 g/mol. The molecule has 27 heavy (non-hydrogen) atoms. The molecule has 2 aromatic rings. The van der Waals surface area contributed by atoms with E-state index in [0.29, 0.717) is 19.6 Å². The van der Waals surface area contributed by atoms with Gasteiger partial charge in [0.05, 0.1) is 6.54 Å². The summed E-state index contributed by atoms with van der Waals surface area (Å²) in [7, 11) is 4.21. The fourth-order valence-corrected chi connectivity index (χ4v) is 3.74. The Morgan fingerprint density at radius 3 is 2.59 bits per heavy atom. The topological polar surface area (TPSA) is 49.3 Å². The van der Waals surface area contributed by atoms with Crippen LogP contribution < -0.4 is 5.73 Å². The van der Waals surface area contributed by atoms with Gasteiger partial charge in [0.25, 0.3) is 0 Å². The van der Waals surface area contributed by atoms with Crippen LogP contribution in [-0.2, 0) is 19.4 Å². The van der Waals surface area contributed by atoms with Gasteiger partial charge in [-0.15, -0.1) is 0 Å². The van der Waals surface area contributed by atoms with Gasteiger partial charge in [0, 0.05) is 21.8 Å². The van der Waals surface area contributed by atoms with Crippen molar-refractivity contribution in [1.29, 1.82) is 0 Å². The second-order valence-electron chi connectivity index (χ2n) is 7.51. The van der Waals surface area contributed by atoms with Crippen molar-refractivity contribution in [2.45, 2.75) is 25.8 Å². The highest BCUT2D eigenvalue weighted by atomic mass is 16.3. The predicted octanol–water partition coefficient (Wildman–Crippen LogP) is 3.41. The highest BCUT2D eigenvalue weighted by Crippen LogP contribution is 2.34. The van der Waals surface area contributed by atoms with E-state index >= 15 is 0 Å². The molecule has 0 unspecified atom stereocenters. The molecule has 0 spiro atoms. The Morgan fingerprint density at radius 1 is 1.07 bits per heavy atom. The molecule has 0 aromatic heterocycles. The van der Waals surface area contributed by atoms with Crippen molar-refractivity contribution in [2.24, 2.45) is 5.73 Å². The van der Waals surface area contributed by atoms with Crippen molar-refractivity contribution >= 4 is 5.57 Å². The van der Waals surface area contributed by atoms with Crippen molar-refractivity contribution in [3.05, 3.63) is 81.3 Å². The average molecular weight is 365 g/mol. The summed E-state index contributed by atoms with van der Waals surface area (Å²) in [4.78, 5) is 14.1. The second-order valence-corrected chi connectivity index (χ2v) is 7.51. The zero-order valence-electron chi connectivity index (χ0n) is 16.4. The molecule has 0 saturated heterocycles. The Balaban J connectivity index is 1.96. The van der Waals surface area contributed by atoms with E-state index in [1.165, 1.54) is 27.8 Å². The summed E-state index contributed by atoms with van der Waals surface area (Å²) >= 11 is 0. The Labute approximate surface area is 162 Å². The summed E-state index contributed by atoms with van der Waals surface area (Å²) < 4.78 is 1.04. The van der Waals surface area contributed by atoms with Gasteiger partial charge in [0.2, 0.25) is 13.1 Å². The Hall–Kier alpha value is -2.30. The molecule has 2 aromatic carbocycles. The highest BCUT2D eigenvalue weighted by molar-refractivity contribution is 5.84. The van der Waals surface area contributed by atoms with E-state index < -0.39 is 0 Å². The lowest BCUT2D eigenvalue weighted by molar-refractivity contribution is -0.562. The van der Waals surface area contributed by atoms with Gasteiger partial charge < -0.3 is 10.6 Å². The Morgan fingerprint density at radius 2 is 1.81 bits per heavy atom. The van der Waals surface area contributed by atoms with Crippen molar-refractivity contribution in [3.8, 4) is 0 Å². The number of nitrogens with zero attached hydrogens (tertiary/aromatic N) is 2. The lowest BCUT2D eigenvalue weighted by Gasteiger charge is -2.14. The maximum Gasteiger partial charge on any atom is 0.217 e. The number of nitroso groups, excluding NO2 is 1. The number of benzene rings is 2. The van der Waals surface area contributed by atoms with Crippen molar-refractivity contribution < 1.29 is 4.76 Å². The monoisotopic (exact) mass is 364 g/mol. The van der Waals surface area contributed by atoms with Gasteiger partial charge in [-0.1, -0.05) is 42.5 Å². The largest absolute Gasteiger partial charge is 0.325 e.